The number of benzene rings is 1. The van der Waals surface area contributed by atoms with Crippen molar-refractivity contribution in [3.05, 3.63) is 23.8 Å². The molecule has 2 heterocycles. The Labute approximate surface area is 119 Å². The van der Waals surface area contributed by atoms with E-state index in [4.69, 9.17) is 0 Å². The first-order valence-corrected chi connectivity index (χ1v) is 7.31. The Morgan fingerprint density at radius 3 is 2.55 bits per heavy atom. The van der Waals surface area contributed by atoms with Crippen molar-refractivity contribution in [1.82, 2.24) is 0 Å². The molecule has 1 aromatic rings. The van der Waals surface area contributed by atoms with Crippen LogP contribution in [0.25, 0.3) is 0 Å². The number of rotatable bonds is 2. The summed E-state index contributed by atoms with van der Waals surface area (Å²) < 4.78 is 0. The molecule has 1 N–H and O–H groups in total. The van der Waals surface area contributed by atoms with E-state index in [0.717, 1.165) is 30.6 Å². The van der Waals surface area contributed by atoms with Crippen molar-refractivity contribution in [3.8, 4) is 0 Å². The van der Waals surface area contributed by atoms with E-state index in [1.807, 2.05) is 12.1 Å². The van der Waals surface area contributed by atoms with Gasteiger partial charge in [-0.15, -0.1) is 0 Å². The number of carbonyl (C=O) groups is 2. The van der Waals surface area contributed by atoms with E-state index in [1.165, 1.54) is 12.8 Å². The van der Waals surface area contributed by atoms with E-state index in [0.29, 0.717) is 11.3 Å². The molecule has 0 bridgehead atoms. The highest BCUT2D eigenvalue weighted by atomic mass is 16.2. The van der Waals surface area contributed by atoms with Crippen LogP contribution in [0, 0.1) is 11.8 Å². The van der Waals surface area contributed by atoms with Crippen LogP contribution in [-0.2, 0) is 4.79 Å². The second-order valence-electron chi connectivity index (χ2n) is 6.08. The Bertz CT molecular complexity index is 558. The van der Waals surface area contributed by atoms with Crippen molar-refractivity contribution < 1.29 is 9.59 Å². The zero-order valence-corrected chi connectivity index (χ0v) is 12.0. The highest BCUT2D eigenvalue weighted by Gasteiger charge is 2.29. The van der Waals surface area contributed by atoms with E-state index >= 15 is 0 Å². The van der Waals surface area contributed by atoms with E-state index in [-0.39, 0.29) is 0 Å². The van der Waals surface area contributed by atoms with Gasteiger partial charge in [-0.25, -0.2) is 0 Å². The molecule has 0 saturated carbocycles. The Morgan fingerprint density at radius 2 is 1.90 bits per heavy atom. The molecule has 0 aromatic heterocycles. The number of Topliss-reactive ketones (excluding diaryl/α,β-unsaturated/α-hetero) is 1. The Hall–Kier alpha value is -1.84. The topological polar surface area (TPSA) is 49.4 Å². The van der Waals surface area contributed by atoms with Crippen molar-refractivity contribution in [2.24, 2.45) is 11.8 Å². The normalized spacial score (nSPS) is 19.4. The second kappa shape index (κ2) is 4.93. The number of hydrogen-bond acceptors (Lipinski definition) is 3. The largest absolute Gasteiger partial charge is 0.371 e. The average Bonchev–Trinajstić information content (AvgIpc) is 2.74. The molecule has 2 aliphatic heterocycles. The van der Waals surface area contributed by atoms with Crippen LogP contribution >= 0.6 is 0 Å². The lowest BCUT2D eigenvalue weighted by Gasteiger charge is -2.35. The van der Waals surface area contributed by atoms with Crippen LogP contribution in [0.15, 0.2) is 18.2 Å². The molecule has 1 saturated heterocycles. The number of piperidine rings is 1. The van der Waals surface area contributed by atoms with Gasteiger partial charge in [0, 0.05) is 18.8 Å². The third kappa shape index (κ3) is 2.19. The lowest BCUT2D eigenvalue weighted by atomic mass is 9.86. The van der Waals surface area contributed by atoms with Gasteiger partial charge < -0.3 is 10.2 Å². The lowest BCUT2D eigenvalue weighted by Crippen LogP contribution is -2.35. The fraction of sp³-hybridized carbons (Fsp3) is 0.500. The van der Waals surface area contributed by atoms with Crippen LogP contribution in [0.2, 0.25) is 0 Å². The van der Waals surface area contributed by atoms with Crippen LogP contribution in [0.3, 0.4) is 0 Å². The molecule has 4 heteroatoms. The molecule has 0 spiro atoms. The van der Waals surface area contributed by atoms with Crippen molar-refractivity contribution in [3.63, 3.8) is 0 Å². The van der Waals surface area contributed by atoms with Gasteiger partial charge in [-0.05, 0) is 42.9 Å². The standard InChI is InChI=1S/C16H20N2O2/c1-10(2)11-5-7-18(8-6-11)12-3-4-13-14(9-12)17-16(20)15(13)19/h3-4,9-11H,5-8H2,1-2H3,(H,17,19,20). The van der Waals surface area contributed by atoms with Gasteiger partial charge in [0.25, 0.3) is 11.7 Å². The van der Waals surface area contributed by atoms with E-state index in [1.54, 1.807) is 6.07 Å². The molecule has 0 unspecified atom stereocenters. The van der Waals surface area contributed by atoms with Crippen LogP contribution < -0.4 is 10.2 Å². The number of nitrogens with zero attached hydrogens (tertiary/aromatic N) is 1. The Morgan fingerprint density at radius 1 is 1.20 bits per heavy atom. The van der Waals surface area contributed by atoms with Gasteiger partial charge in [0.15, 0.2) is 0 Å². The van der Waals surface area contributed by atoms with Crippen LogP contribution in [0.5, 0.6) is 0 Å². The molecule has 2 aliphatic rings. The number of amides is 1. The minimum absolute atomic E-state index is 0.426. The summed E-state index contributed by atoms with van der Waals surface area (Å²) in [7, 11) is 0. The van der Waals surface area contributed by atoms with E-state index in [9.17, 15) is 9.59 Å². The SMILES string of the molecule is CC(C)C1CCN(c2ccc3c(c2)NC(=O)C3=O)CC1. The average molecular weight is 272 g/mol. The molecular formula is C16H20N2O2. The highest BCUT2D eigenvalue weighted by molar-refractivity contribution is 6.51. The first-order chi connectivity index (χ1) is 9.56. The predicted octanol–water partition coefficient (Wildman–Crippen LogP) is 2.69. The summed E-state index contributed by atoms with van der Waals surface area (Å²) in [5.74, 6) is 0.608. The molecule has 106 valence electrons. The van der Waals surface area contributed by atoms with Crippen molar-refractivity contribution >= 4 is 23.1 Å². The monoisotopic (exact) mass is 272 g/mol. The maximum Gasteiger partial charge on any atom is 0.296 e. The number of fused-ring (bicyclic) bond motifs is 1. The van der Waals surface area contributed by atoms with E-state index in [2.05, 4.69) is 24.1 Å². The maximum atomic E-state index is 11.6. The smallest absolute Gasteiger partial charge is 0.296 e. The molecule has 20 heavy (non-hydrogen) atoms. The van der Waals surface area contributed by atoms with Gasteiger partial charge >= 0.3 is 0 Å². The van der Waals surface area contributed by atoms with Crippen LogP contribution in [0.1, 0.15) is 37.0 Å². The summed E-state index contributed by atoms with van der Waals surface area (Å²) in [6, 6.07) is 5.64. The van der Waals surface area contributed by atoms with Gasteiger partial charge in [-0.3, -0.25) is 9.59 Å². The number of ketones is 1. The van der Waals surface area contributed by atoms with Gasteiger partial charge in [0.1, 0.15) is 0 Å². The molecule has 4 nitrogen and oxygen atoms in total. The zero-order chi connectivity index (χ0) is 14.3. The van der Waals surface area contributed by atoms with Gasteiger partial charge in [-0.1, -0.05) is 13.8 Å². The fourth-order valence-corrected chi connectivity index (χ4v) is 3.16. The quantitative estimate of drug-likeness (QED) is 0.842. The molecule has 0 atom stereocenters. The Kier molecular flexibility index (Phi) is 3.24. The molecule has 0 aliphatic carbocycles. The summed E-state index contributed by atoms with van der Waals surface area (Å²) in [6.45, 7) is 6.67. The third-order valence-corrected chi connectivity index (χ3v) is 4.55. The minimum atomic E-state index is -0.518. The van der Waals surface area contributed by atoms with Gasteiger partial charge in [0.2, 0.25) is 0 Å². The molecule has 1 amide bonds. The predicted molar refractivity (Wildman–Crippen MR) is 79.2 cm³/mol. The van der Waals surface area contributed by atoms with Crippen molar-refractivity contribution in [2.75, 3.05) is 23.3 Å². The number of anilines is 2. The zero-order valence-electron chi connectivity index (χ0n) is 12.0. The van der Waals surface area contributed by atoms with E-state index < -0.39 is 11.7 Å². The molecular weight excluding hydrogens is 252 g/mol. The first-order valence-electron chi connectivity index (χ1n) is 7.31. The summed E-state index contributed by atoms with van der Waals surface area (Å²) in [5, 5.41) is 2.64. The fourth-order valence-electron chi connectivity index (χ4n) is 3.16. The lowest BCUT2D eigenvalue weighted by molar-refractivity contribution is -0.112. The molecule has 1 fully saturated rings. The summed E-state index contributed by atoms with van der Waals surface area (Å²) in [5.41, 5.74) is 2.25. The van der Waals surface area contributed by atoms with Crippen LogP contribution in [-0.4, -0.2) is 24.8 Å². The second-order valence-corrected chi connectivity index (χ2v) is 6.08. The number of carbonyl (C=O) groups excluding carboxylic acids is 2. The minimum Gasteiger partial charge on any atom is -0.371 e. The summed E-state index contributed by atoms with van der Waals surface area (Å²) in [4.78, 5) is 25.3. The summed E-state index contributed by atoms with van der Waals surface area (Å²) >= 11 is 0. The Balaban J connectivity index is 1.76. The number of hydrogen-bond donors (Lipinski definition) is 1. The number of nitrogens with one attached hydrogen (secondary N) is 1. The highest BCUT2D eigenvalue weighted by Crippen LogP contribution is 2.32. The van der Waals surface area contributed by atoms with Crippen molar-refractivity contribution in [2.45, 2.75) is 26.7 Å². The first kappa shape index (κ1) is 13.2. The van der Waals surface area contributed by atoms with Crippen LogP contribution in [0.4, 0.5) is 11.4 Å². The summed E-state index contributed by atoms with van der Waals surface area (Å²) in [6.07, 6.45) is 2.42. The van der Waals surface area contributed by atoms with Gasteiger partial charge in [0.05, 0.1) is 11.3 Å². The third-order valence-electron chi connectivity index (χ3n) is 4.55. The maximum absolute atomic E-state index is 11.6. The molecule has 3 rings (SSSR count). The van der Waals surface area contributed by atoms with Gasteiger partial charge in [-0.2, -0.15) is 0 Å². The molecule has 1 aromatic carbocycles. The molecule has 0 radical (unpaired) electrons. The van der Waals surface area contributed by atoms with Crippen molar-refractivity contribution in [1.29, 1.82) is 0 Å².